The molecule has 0 unspecified atom stereocenters. The molecule has 8 aliphatic carbocycles. The highest BCUT2D eigenvalue weighted by Crippen LogP contribution is 2.77. The number of ether oxygens (including phenoxy) is 2. The SMILES string of the molecule is CC(=O)[C@@H]1C[C@@]23C=C[C@]1(C)[C@@H]1Oc4c(O)ccc5c4[C@@]12CCN(C)[C@@H]3C5.CC(=O)[C@H]1C[C@@]23C=C[C@]1(C)[C@@H]1Oc4c(O)ccc5c4[C@@]12CCN(C)[C@@H]3C5. The zero-order valence-electron chi connectivity index (χ0n) is 31.2. The number of hydrogen-bond acceptors (Lipinski definition) is 8. The van der Waals surface area contributed by atoms with Crippen LogP contribution in [0.15, 0.2) is 48.6 Å². The number of carbonyl (C=O) groups is 2. The number of ketones is 2. The molecular formula is C44H50N2O6. The smallest absolute Gasteiger partial charge is 0.165 e. The molecule has 12 aliphatic rings. The fourth-order valence-electron chi connectivity index (χ4n) is 15.2. The Morgan fingerprint density at radius 3 is 1.46 bits per heavy atom. The van der Waals surface area contributed by atoms with E-state index in [4.69, 9.17) is 9.47 Å². The lowest BCUT2D eigenvalue weighted by atomic mass is 9.35. The summed E-state index contributed by atoms with van der Waals surface area (Å²) in [6.07, 6.45) is 15.1. The highest BCUT2D eigenvalue weighted by atomic mass is 16.5. The van der Waals surface area contributed by atoms with Crippen LogP contribution in [0.4, 0.5) is 0 Å². The number of nitrogens with zero attached hydrogens (tertiary/aromatic N) is 2. The second-order valence-corrected chi connectivity index (χ2v) is 18.9. The monoisotopic (exact) mass is 702 g/mol. The third-order valence-corrected chi connectivity index (χ3v) is 17.3. The number of likely N-dealkylation sites (tertiary alicyclic amines) is 2. The van der Waals surface area contributed by atoms with Crippen LogP contribution < -0.4 is 9.47 Å². The minimum Gasteiger partial charge on any atom is -0.504 e. The maximum atomic E-state index is 12.6. The Morgan fingerprint density at radius 2 is 1.08 bits per heavy atom. The Labute approximate surface area is 305 Å². The average Bonchev–Trinajstić information content (AvgIpc) is 3.68. The molecule has 2 aromatic carbocycles. The Morgan fingerprint density at radius 1 is 0.673 bits per heavy atom. The molecule has 0 aromatic heterocycles. The first-order valence-corrected chi connectivity index (χ1v) is 19.6. The number of fused-ring (bicyclic) bond motifs is 2. The number of piperidine rings is 2. The molecule has 2 saturated heterocycles. The van der Waals surface area contributed by atoms with E-state index in [1.54, 1.807) is 26.0 Å². The van der Waals surface area contributed by atoms with Crippen molar-refractivity contribution >= 4 is 11.6 Å². The number of phenolic OH excluding ortho intramolecular Hbond substituents is 2. The topological polar surface area (TPSA) is 99.5 Å². The summed E-state index contributed by atoms with van der Waals surface area (Å²) in [4.78, 5) is 30.3. The number of likely N-dealkylation sites (N-methyl/N-ethyl adjacent to an activating group) is 2. The molecule has 8 heteroatoms. The van der Waals surface area contributed by atoms with Crippen LogP contribution in [0.3, 0.4) is 0 Å². The second-order valence-electron chi connectivity index (χ2n) is 18.9. The number of aromatic hydroxyl groups is 2. The lowest BCUT2D eigenvalue weighted by molar-refractivity contribution is -0.172. The maximum Gasteiger partial charge on any atom is 0.165 e. The molecule has 0 radical (unpaired) electrons. The molecule has 4 aliphatic heterocycles. The van der Waals surface area contributed by atoms with Crippen LogP contribution in [0.1, 0.15) is 75.6 Å². The minimum absolute atomic E-state index is 0.0161. The summed E-state index contributed by atoms with van der Waals surface area (Å²) in [6, 6.07) is 8.53. The van der Waals surface area contributed by atoms with Crippen LogP contribution in [0, 0.1) is 33.5 Å². The zero-order valence-corrected chi connectivity index (χ0v) is 31.2. The van der Waals surface area contributed by atoms with E-state index in [1.165, 1.54) is 22.3 Å². The average molecular weight is 703 g/mol. The van der Waals surface area contributed by atoms with Gasteiger partial charge in [-0.3, -0.25) is 9.59 Å². The molecule has 272 valence electrons. The number of hydrogen-bond donors (Lipinski definition) is 2. The molecule has 14 rings (SSSR count). The summed E-state index contributed by atoms with van der Waals surface area (Å²) in [7, 11) is 4.45. The quantitative estimate of drug-likeness (QED) is 0.388. The molecule has 8 bridgehead atoms. The summed E-state index contributed by atoms with van der Waals surface area (Å²) < 4.78 is 13.2. The Bertz CT molecular complexity index is 1960. The normalized spacial score (nSPS) is 46.8. The fourth-order valence-corrected chi connectivity index (χ4v) is 15.2. The number of rotatable bonds is 2. The number of benzene rings is 2. The van der Waals surface area contributed by atoms with Gasteiger partial charge in [0.05, 0.1) is 0 Å². The Kier molecular flexibility index (Phi) is 5.73. The summed E-state index contributed by atoms with van der Waals surface area (Å²) in [6.45, 7) is 9.94. The number of Topliss-reactive ketones (excluding diaryl/α,β-unsaturated/α-hetero) is 2. The molecule has 2 saturated carbocycles. The van der Waals surface area contributed by atoms with E-state index < -0.39 is 0 Å². The van der Waals surface area contributed by atoms with Gasteiger partial charge < -0.3 is 29.5 Å². The van der Waals surface area contributed by atoms with Gasteiger partial charge in [-0.05, 0) is 103 Å². The highest BCUT2D eigenvalue weighted by Gasteiger charge is 2.79. The van der Waals surface area contributed by atoms with E-state index in [0.29, 0.717) is 23.6 Å². The van der Waals surface area contributed by atoms with E-state index in [1.807, 2.05) is 0 Å². The summed E-state index contributed by atoms with van der Waals surface area (Å²) in [5.41, 5.74) is 4.16. The molecule has 4 heterocycles. The van der Waals surface area contributed by atoms with Crippen LogP contribution >= 0.6 is 0 Å². The summed E-state index contributed by atoms with van der Waals surface area (Å²) >= 11 is 0. The molecule has 52 heavy (non-hydrogen) atoms. The van der Waals surface area contributed by atoms with Gasteiger partial charge in [-0.25, -0.2) is 0 Å². The van der Waals surface area contributed by atoms with E-state index in [2.05, 4.69) is 74.2 Å². The molecule has 2 aromatic rings. The van der Waals surface area contributed by atoms with Crippen molar-refractivity contribution in [1.29, 1.82) is 0 Å². The van der Waals surface area contributed by atoms with E-state index >= 15 is 0 Å². The summed E-state index contributed by atoms with van der Waals surface area (Å²) in [5.74, 6) is 2.39. The van der Waals surface area contributed by atoms with Crippen molar-refractivity contribution in [3.8, 4) is 23.0 Å². The zero-order chi connectivity index (χ0) is 36.1. The van der Waals surface area contributed by atoms with E-state index in [9.17, 15) is 19.8 Å². The lowest BCUT2D eigenvalue weighted by Gasteiger charge is -2.71. The van der Waals surface area contributed by atoms with Gasteiger partial charge in [0.2, 0.25) is 0 Å². The third kappa shape index (κ3) is 3.07. The first-order chi connectivity index (χ1) is 24.7. The molecule has 4 fully saturated rings. The third-order valence-electron chi connectivity index (χ3n) is 17.3. The highest BCUT2D eigenvalue weighted by molar-refractivity contribution is 5.82. The van der Waals surface area contributed by atoms with Gasteiger partial charge in [0.25, 0.3) is 0 Å². The second kappa shape index (κ2) is 9.35. The van der Waals surface area contributed by atoms with Gasteiger partial charge in [0.15, 0.2) is 23.0 Å². The molecule has 12 atom stereocenters. The van der Waals surface area contributed by atoms with Crippen LogP contribution in [0.25, 0.3) is 0 Å². The van der Waals surface area contributed by atoms with Crippen molar-refractivity contribution in [2.75, 3.05) is 27.2 Å². The van der Waals surface area contributed by atoms with E-state index in [0.717, 1.165) is 51.6 Å². The van der Waals surface area contributed by atoms with Crippen molar-refractivity contribution < 1.29 is 29.3 Å². The van der Waals surface area contributed by atoms with Gasteiger partial charge in [-0.1, -0.05) is 50.3 Å². The Balaban J connectivity index is 0.000000123. The van der Waals surface area contributed by atoms with Crippen LogP contribution in [0.5, 0.6) is 23.0 Å². The largest absolute Gasteiger partial charge is 0.504 e. The van der Waals surface area contributed by atoms with Crippen LogP contribution in [-0.4, -0.2) is 83.1 Å². The van der Waals surface area contributed by atoms with Crippen LogP contribution in [0.2, 0.25) is 0 Å². The molecular weight excluding hydrogens is 652 g/mol. The van der Waals surface area contributed by atoms with Crippen LogP contribution in [-0.2, 0) is 33.3 Å². The maximum absolute atomic E-state index is 12.6. The van der Waals surface area contributed by atoms with Gasteiger partial charge in [0, 0.05) is 67.5 Å². The van der Waals surface area contributed by atoms with Gasteiger partial charge >= 0.3 is 0 Å². The van der Waals surface area contributed by atoms with Gasteiger partial charge in [-0.2, -0.15) is 0 Å². The molecule has 4 spiro atoms. The standard InChI is InChI=1S/2C22H25NO3/c2*1-12(24)14-11-21-7-6-20(14,2)19-22(21)8-9-23(3)16(21)10-13-4-5-15(25)18(26-19)17(13)22/h2*4-7,14,16,19,25H,8-11H2,1-3H3/t14-,16+,19-,20-,21+,22-;14-,16-,19+,20+,21-,22+/m01/s1. The number of phenols is 2. The molecule has 0 amide bonds. The van der Waals surface area contributed by atoms with Gasteiger partial charge in [-0.15, -0.1) is 0 Å². The minimum atomic E-state index is -0.311. The van der Waals surface area contributed by atoms with Crippen molar-refractivity contribution in [3.63, 3.8) is 0 Å². The Hall–Kier alpha value is -3.62. The lowest BCUT2D eigenvalue weighted by Crippen LogP contribution is -2.76. The van der Waals surface area contributed by atoms with Crippen molar-refractivity contribution in [1.82, 2.24) is 9.80 Å². The first kappa shape index (κ1) is 31.9. The fraction of sp³-hybridized carbons (Fsp3) is 0.591. The number of carbonyl (C=O) groups excluding carboxylic acids is 2. The van der Waals surface area contributed by atoms with Crippen molar-refractivity contribution in [2.45, 2.75) is 101 Å². The molecule has 8 nitrogen and oxygen atoms in total. The van der Waals surface area contributed by atoms with E-state index in [-0.39, 0.29) is 79.6 Å². The van der Waals surface area contributed by atoms with Crippen molar-refractivity contribution in [3.05, 3.63) is 70.8 Å². The van der Waals surface area contributed by atoms with Crippen molar-refractivity contribution in [2.24, 2.45) is 33.5 Å². The molecule has 2 N–H and O–H groups in total. The first-order valence-electron chi connectivity index (χ1n) is 19.6. The summed E-state index contributed by atoms with van der Waals surface area (Å²) in [5, 5.41) is 21.2. The predicted molar refractivity (Wildman–Crippen MR) is 195 cm³/mol. The van der Waals surface area contributed by atoms with Gasteiger partial charge in [0.1, 0.15) is 23.8 Å². The predicted octanol–water partition coefficient (Wildman–Crippen LogP) is 5.65.